The van der Waals surface area contributed by atoms with Crippen molar-refractivity contribution in [2.24, 2.45) is 0 Å². The van der Waals surface area contributed by atoms with E-state index in [9.17, 15) is 0 Å². The van der Waals surface area contributed by atoms with Crippen LogP contribution in [0.25, 0.3) is 11.6 Å². The third-order valence-electron chi connectivity index (χ3n) is 2.62. The Morgan fingerprint density at radius 3 is 2.79 bits per heavy atom. The van der Waals surface area contributed by atoms with Crippen LogP contribution in [0.2, 0.25) is 0 Å². The van der Waals surface area contributed by atoms with Gasteiger partial charge in [-0.3, -0.25) is 4.90 Å². The van der Waals surface area contributed by atoms with Crippen molar-refractivity contribution < 1.29 is 19.2 Å². The molecule has 2 heterocycles. The molecule has 2 aromatic rings. The summed E-state index contributed by atoms with van der Waals surface area (Å²) in [5.74, 6) is 1.42. The van der Waals surface area contributed by atoms with Crippen molar-refractivity contribution >= 4 is 0 Å². The van der Waals surface area contributed by atoms with Gasteiger partial charge in [-0.25, -0.2) is 0 Å². The van der Waals surface area contributed by atoms with Gasteiger partial charge in [0.2, 0.25) is 11.7 Å². The molecule has 0 bridgehead atoms. The number of rotatable bonds is 8. The number of furan rings is 1. The first-order chi connectivity index (χ1) is 9.33. The normalized spacial score (nSPS) is 11.3. The Kier molecular flexibility index (Phi) is 5.08. The summed E-state index contributed by atoms with van der Waals surface area (Å²) in [6.45, 7) is 1.76. The summed E-state index contributed by atoms with van der Waals surface area (Å²) in [7, 11) is 0. The van der Waals surface area contributed by atoms with Gasteiger partial charge in [0.25, 0.3) is 0 Å². The summed E-state index contributed by atoms with van der Waals surface area (Å²) in [6.07, 6.45) is 2.18. The number of hydrogen-bond donors (Lipinski definition) is 2. The van der Waals surface area contributed by atoms with Crippen LogP contribution in [0.5, 0.6) is 0 Å². The first kappa shape index (κ1) is 13.7. The first-order valence-corrected chi connectivity index (χ1v) is 6.14. The van der Waals surface area contributed by atoms with Crippen LogP contribution >= 0.6 is 0 Å². The molecular weight excluding hydrogens is 250 g/mol. The topological polar surface area (TPSA) is 95.8 Å². The van der Waals surface area contributed by atoms with E-state index in [1.807, 2.05) is 4.90 Å². The molecule has 19 heavy (non-hydrogen) atoms. The lowest BCUT2D eigenvalue weighted by molar-refractivity contribution is 0.160. The van der Waals surface area contributed by atoms with E-state index in [0.29, 0.717) is 43.5 Å². The van der Waals surface area contributed by atoms with Crippen LogP contribution in [0.1, 0.15) is 12.3 Å². The van der Waals surface area contributed by atoms with Gasteiger partial charge in [0.1, 0.15) is 0 Å². The van der Waals surface area contributed by atoms with Gasteiger partial charge in [-0.15, -0.1) is 0 Å². The molecule has 2 aromatic heterocycles. The molecule has 7 nitrogen and oxygen atoms in total. The fourth-order valence-corrected chi connectivity index (χ4v) is 1.72. The van der Waals surface area contributed by atoms with Gasteiger partial charge in [-0.2, -0.15) is 4.98 Å². The van der Waals surface area contributed by atoms with Crippen LogP contribution in [0, 0.1) is 0 Å². The van der Waals surface area contributed by atoms with E-state index in [1.54, 1.807) is 18.4 Å². The molecule has 0 aromatic carbocycles. The number of aliphatic hydroxyl groups is 2. The Morgan fingerprint density at radius 1 is 1.21 bits per heavy atom. The standard InChI is InChI=1S/C12H17N3O4/c16-6-2-4-15(5-7-17)9-11-13-12(14-19-11)10-3-1-8-18-10/h1,3,8,16-17H,2,4-7,9H2. The lowest BCUT2D eigenvalue weighted by Crippen LogP contribution is -2.28. The van der Waals surface area contributed by atoms with Crippen LogP contribution in [0.15, 0.2) is 27.3 Å². The molecule has 2 rings (SSSR count). The van der Waals surface area contributed by atoms with Gasteiger partial charge in [-0.05, 0) is 18.6 Å². The molecule has 0 atom stereocenters. The molecule has 0 amide bonds. The van der Waals surface area contributed by atoms with Gasteiger partial charge < -0.3 is 19.2 Å². The van der Waals surface area contributed by atoms with E-state index in [-0.39, 0.29) is 13.2 Å². The molecule has 0 fully saturated rings. The molecule has 104 valence electrons. The number of hydrogen-bond acceptors (Lipinski definition) is 7. The Hall–Kier alpha value is -1.70. The molecule has 0 spiro atoms. The van der Waals surface area contributed by atoms with Crippen molar-refractivity contribution in [3.8, 4) is 11.6 Å². The average Bonchev–Trinajstić information content (AvgIpc) is 3.06. The van der Waals surface area contributed by atoms with E-state index in [1.165, 1.54) is 0 Å². The minimum Gasteiger partial charge on any atom is -0.461 e. The highest BCUT2D eigenvalue weighted by molar-refractivity contribution is 5.44. The van der Waals surface area contributed by atoms with Crippen molar-refractivity contribution in [3.63, 3.8) is 0 Å². The summed E-state index contributed by atoms with van der Waals surface area (Å²) in [5.41, 5.74) is 0. The number of aromatic nitrogens is 2. The van der Waals surface area contributed by atoms with E-state index in [0.717, 1.165) is 0 Å². The zero-order valence-electron chi connectivity index (χ0n) is 10.5. The minimum absolute atomic E-state index is 0.0462. The number of nitrogens with zero attached hydrogens (tertiary/aromatic N) is 3. The Balaban J connectivity index is 1.97. The highest BCUT2D eigenvalue weighted by Gasteiger charge is 2.13. The zero-order chi connectivity index (χ0) is 13.5. The first-order valence-electron chi connectivity index (χ1n) is 6.14. The molecule has 0 saturated heterocycles. The van der Waals surface area contributed by atoms with Crippen LogP contribution < -0.4 is 0 Å². The molecule has 0 saturated carbocycles. The average molecular weight is 267 g/mol. The highest BCUT2D eigenvalue weighted by atomic mass is 16.5. The molecule has 0 unspecified atom stereocenters. The fourth-order valence-electron chi connectivity index (χ4n) is 1.72. The Bertz CT molecular complexity index is 469. The monoisotopic (exact) mass is 267 g/mol. The van der Waals surface area contributed by atoms with E-state index in [4.69, 9.17) is 19.2 Å². The van der Waals surface area contributed by atoms with Gasteiger partial charge in [0.05, 0.1) is 19.4 Å². The molecule has 0 aliphatic carbocycles. The lowest BCUT2D eigenvalue weighted by Gasteiger charge is -2.18. The quantitative estimate of drug-likeness (QED) is 0.719. The largest absolute Gasteiger partial charge is 0.461 e. The van der Waals surface area contributed by atoms with E-state index >= 15 is 0 Å². The van der Waals surface area contributed by atoms with Crippen LogP contribution in [-0.4, -0.2) is 51.6 Å². The van der Waals surface area contributed by atoms with Gasteiger partial charge in [0.15, 0.2) is 5.76 Å². The lowest BCUT2D eigenvalue weighted by atomic mass is 10.3. The maximum atomic E-state index is 8.98. The molecule has 7 heteroatoms. The van der Waals surface area contributed by atoms with Crippen molar-refractivity contribution in [2.45, 2.75) is 13.0 Å². The Morgan fingerprint density at radius 2 is 2.11 bits per heavy atom. The third-order valence-corrected chi connectivity index (χ3v) is 2.62. The second-order valence-electron chi connectivity index (χ2n) is 4.07. The second-order valence-corrected chi connectivity index (χ2v) is 4.07. The number of aliphatic hydroxyl groups excluding tert-OH is 2. The summed E-state index contributed by atoms with van der Waals surface area (Å²) in [6, 6.07) is 3.51. The van der Waals surface area contributed by atoms with Crippen molar-refractivity contribution in [1.29, 1.82) is 0 Å². The maximum absolute atomic E-state index is 8.98. The van der Waals surface area contributed by atoms with E-state index in [2.05, 4.69) is 10.1 Å². The summed E-state index contributed by atoms with van der Waals surface area (Å²) < 4.78 is 10.3. The van der Waals surface area contributed by atoms with Crippen molar-refractivity contribution in [3.05, 3.63) is 24.3 Å². The molecular formula is C12H17N3O4. The predicted octanol–water partition coefficient (Wildman–Crippen LogP) is 0.506. The van der Waals surface area contributed by atoms with E-state index < -0.39 is 0 Å². The summed E-state index contributed by atoms with van der Waals surface area (Å²) in [4.78, 5) is 6.17. The molecule has 0 radical (unpaired) electrons. The second kappa shape index (κ2) is 7.03. The van der Waals surface area contributed by atoms with Crippen LogP contribution in [-0.2, 0) is 6.54 Å². The predicted molar refractivity (Wildman–Crippen MR) is 66.1 cm³/mol. The third kappa shape index (κ3) is 3.88. The summed E-state index contributed by atoms with van der Waals surface area (Å²) in [5, 5.41) is 21.6. The SMILES string of the molecule is OCCCN(CCO)Cc1nc(-c2ccco2)no1. The highest BCUT2D eigenvalue weighted by Crippen LogP contribution is 2.16. The smallest absolute Gasteiger partial charge is 0.241 e. The van der Waals surface area contributed by atoms with Gasteiger partial charge >= 0.3 is 0 Å². The molecule has 0 aliphatic heterocycles. The van der Waals surface area contributed by atoms with Crippen molar-refractivity contribution in [1.82, 2.24) is 15.0 Å². The van der Waals surface area contributed by atoms with Gasteiger partial charge in [0, 0.05) is 19.7 Å². The van der Waals surface area contributed by atoms with Crippen molar-refractivity contribution in [2.75, 3.05) is 26.3 Å². The molecule has 0 aliphatic rings. The molecule has 2 N–H and O–H groups in total. The minimum atomic E-state index is 0.0462. The van der Waals surface area contributed by atoms with Gasteiger partial charge in [-0.1, -0.05) is 5.16 Å². The summed E-state index contributed by atoms with van der Waals surface area (Å²) >= 11 is 0. The Labute approximate surface area is 110 Å². The zero-order valence-corrected chi connectivity index (χ0v) is 10.5. The fraction of sp³-hybridized carbons (Fsp3) is 0.500. The van der Waals surface area contributed by atoms with Crippen LogP contribution in [0.3, 0.4) is 0 Å². The van der Waals surface area contributed by atoms with Crippen LogP contribution in [0.4, 0.5) is 0 Å². The maximum Gasteiger partial charge on any atom is 0.241 e.